The van der Waals surface area contributed by atoms with Gasteiger partial charge >= 0.3 is 5.97 Å². The van der Waals surface area contributed by atoms with E-state index in [1.54, 1.807) is 29.6 Å². The van der Waals surface area contributed by atoms with Crippen molar-refractivity contribution in [1.29, 1.82) is 0 Å². The first-order valence-electron chi connectivity index (χ1n) is 7.42. The lowest BCUT2D eigenvalue weighted by molar-refractivity contribution is -0.124. The topological polar surface area (TPSA) is 55.4 Å². The molecule has 0 unspecified atom stereocenters. The molecule has 0 saturated carbocycles. The van der Waals surface area contributed by atoms with Gasteiger partial charge in [0.25, 0.3) is 5.91 Å². The second kappa shape index (κ2) is 8.04. The van der Waals surface area contributed by atoms with Crippen molar-refractivity contribution >= 4 is 34.6 Å². The van der Waals surface area contributed by atoms with E-state index in [0.29, 0.717) is 4.88 Å². The summed E-state index contributed by atoms with van der Waals surface area (Å²) in [5.41, 5.74) is 0.752. The fourth-order valence-corrected chi connectivity index (χ4v) is 3.65. The van der Waals surface area contributed by atoms with Crippen LogP contribution in [0.4, 0.5) is 4.39 Å². The molecule has 0 spiro atoms. The summed E-state index contributed by atoms with van der Waals surface area (Å²) in [5.74, 6) is -1.29. The van der Waals surface area contributed by atoms with Gasteiger partial charge in [-0.25, -0.2) is 9.18 Å². The number of rotatable bonds is 6. The smallest absolute Gasteiger partial charge is 0.348 e. The lowest BCUT2D eigenvalue weighted by Gasteiger charge is -2.18. The van der Waals surface area contributed by atoms with Crippen LogP contribution in [0.2, 0.25) is 0 Å². The van der Waals surface area contributed by atoms with Crippen LogP contribution in [0.5, 0.6) is 0 Å². The molecule has 7 heteroatoms. The highest BCUT2D eigenvalue weighted by molar-refractivity contribution is 7.12. The number of halogens is 1. The second-order valence-corrected chi connectivity index (χ2v) is 7.05. The molecule has 0 aliphatic heterocycles. The van der Waals surface area contributed by atoms with Crippen LogP contribution < -0.4 is 5.32 Å². The van der Waals surface area contributed by atoms with Crippen LogP contribution in [0, 0.1) is 5.82 Å². The molecule has 3 rings (SSSR count). The Morgan fingerprint density at radius 1 is 1.04 bits per heavy atom. The molecule has 1 atom stereocenters. The van der Waals surface area contributed by atoms with Crippen LogP contribution in [-0.2, 0) is 9.53 Å². The van der Waals surface area contributed by atoms with Gasteiger partial charge < -0.3 is 10.1 Å². The van der Waals surface area contributed by atoms with Gasteiger partial charge in [0.1, 0.15) is 10.7 Å². The first kappa shape index (κ1) is 17.3. The molecule has 1 amide bonds. The van der Waals surface area contributed by atoms with Crippen molar-refractivity contribution < 1.29 is 18.7 Å². The number of nitrogens with one attached hydrogen (secondary N) is 1. The SMILES string of the molecule is O=C(COC(=O)c1cccs1)N[C@@H](c1ccc(F)cc1)c1cccs1. The van der Waals surface area contributed by atoms with Crippen molar-refractivity contribution in [3.05, 3.63) is 80.4 Å². The van der Waals surface area contributed by atoms with Gasteiger partial charge in [-0.1, -0.05) is 24.3 Å². The molecule has 0 aliphatic rings. The molecule has 25 heavy (non-hydrogen) atoms. The maximum atomic E-state index is 13.2. The van der Waals surface area contributed by atoms with E-state index in [1.807, 2.05) is 17.5 Å². The van der Waals surface area contributed by atoms with Crippen molar-refractivity contribution in [2.45, 2.75) is 6.04 Å². The molecule has 1 N–H and O–H groups in total. The predicted octanol–water partition coefficient (Wildman–Crippen LogP) is 4.01. The zero-order valence-corrected chi connectivity index (χ0v) is 14.6. The number of amides is 1. The number of hydrogen-bond donors (Lipinski definition) is 1. The third-order valence-electron chi connectivity index (χ3n) is 3.39. The Morgan fingerprint density at radius 2 is 1.76 bits per heavy atom. The Bertz CT molecular complexity index is 830. The lowest BCUT2D eigenvalue weighted by atomic mass is 10.1. The van der Waals surface area contributed by atoms with E-state index in [1.165, 1.54) is 34.8 Å². The van der Waals surface area contributed by atoms with Gasteiger partial charge in [-0.2, -0.15) is 0 Å². The number of hydrogen-bond acceptors (Lipinski definition) is 5. The Kier molecular flexibility index (Phi) is 5.57. The fourth-order valence-electron chi connectivity index (χ4n) is 2.23. The zero-order valence-electron chi connectivity index (χ0n) is 13.0. The summed E-state index contributed by atoms with van der Waals surface area (Å²) >= 11 is 2.73. The Balaban J connectivity index is 1.67. The van der Waals surface area contributed by atoms with Gasteiger partial charge in [0.2, 0.25) is 0 Å². The third-order valence-corrected chi connectivity index (χ3v) is 5.18. The van der Waals surface area contributed by atoms with Crippen molar-refractivity contribution in [3.63, 3.8) is 0 Å². The minimum Gasteiger partial charge on any atom is -0.451 e. The molecule has 0 aliphatic carbocycles. The van der Waals surface area contributed by atoms with E-state index in [-0.39, 0.29) is 12.4 Å². The maximum Gasteiger partial charge on any atom is 0.348 e. The molecule has 0 fully saturated rings. The highest BCUT2D eigenvalue weighted by Crippen LogP contribution is 2.26. The first-order chi connectivity index (χ1) is 12.1. The van der Waals surface area contributed by atoms with Gasteiger partial charge in [0, 0.05) is 4.88 Å². The molecule has 0 bridgehead atoms. The fraction of sp³-hybridized carbons (Fsp3) is 0.111. The average Bonchev–Trinajstić information content (AvgIpc) is 3.31. The number of esters is 1. The summed E-state index contributed by atoms with van der Waals surface area (Å²) in [4.78, 5) is 25.4. The minimum absolute atomic E-state index is 0.343. The monoisotopic (exact) mass is 375 g/mol. The van der Waals surface area contributed by atoms with Crippen molar-refractivity contribution in [1.82, 2.24) is 5.32 Å². The van der Waals surface area contributed by atoms with E-state index >= 15 is 0 Å². The van der Waals surface area contributed by atoms with Crippen LogP contribution in [0.1, 0.15) is 26.2 Å². The van der Waals surface area contributed by atoms with Gasteiger partial charge in [-0.05, 0) is 40.6 Å². The van der Waals surface area contributed by atoms with Gasteiger partial charge in [0.05, 0.1) is 6.04 Å². The average molecular weight is 375 g/mol. The Labute approximate surface area is 151 Å². The van der Waals surface area contributed by atoms with Crippen LogP contribution in [0.15, 0.2) is 59.3 Å². The van der Waals surface area contributed by atoms with Gasteiger partial charge in [-0.15, -0.1) is 22.7 Å². The molecule has 3 aromatic rings. The highest BCUT2D eigenvalue weighted by Gasteiger charge is 2.19. The predicted molar refractivity (Wildman–Crippen MR) is 95.3 cm³/mol. The maximum absolute atomic E-state index is 13.2. The molecule has 2 aromatic heterocycles. The third kappa shape index (κ3) is 4.52. The van der Waals surface area contributed by atoms with Gasteiger partial charge in [-0.3, -0.25) is 4.79 Å². The number of carbonyl (C=O) groups excluding carboxylic acids is 2. The highest BCUT2D eigenvalue weighted by atomic mass is 32.1. The quantitative estimate of drug-likeness (QED) is 0.662. The Morgan fingerprint density at radius 3 is 2.40 bits per heavy atom. The van der Waals surface area contributed by atoms with E-state index < -0.39 is 17.9 Å². The number of ether oxygens (including phenoxy) is 1. The van der Waals surface area contributed by atoms with E-state index in [2.05, 4.69) is 5.32 Å². The van der Waals surface area contributed by atoms with Crippen LogP contribution in [0.3, 0.4) is 0 Å². The molecular formula is C18H14FNO3S2. The molecule has 4 nitrogen and oxygen atoms in total. The lowest BCUT2D eigenvalue weighted by Crippen LogP contribution is -2.32. The summed E-state index contributed by atoms with van der Waals surface area (Å²) < 4.78 is 18.2. The molecular weight excluding hydrogens is 361 g/mol. The largest absolute Gasteiger partial charge is 0.451 e. The van der Waals surface area contributed by atoms with Crippen molar-refractivity contribution in [3.8, 4) is 0 Å². The molecule has 128 valence electrons. The standard InChI is InChI=1S/C18H14FNO3S2/c19-13-7-5-12(6-8-13)17(14-3-1-9-24-14)20-16(21)11-23-18(22)15-4-2-10-25-15/h1-10,17H,11H2,(H,20,21)/t17-/m0/s1. The minimum atomic E-state index is -0.528. The Hall–Kier alpha value is -2.51. The summed E-state index contributed by atoms with van der Waals surface area (Å²) in [5, 5.41) is 6.49. The molecule has 0 radical (unpaired) electrons. The van der Waals surface area contributed by atoms with Crippen molar-refractivity contribution in [2.24, 2.45) is 0 Å². The van der Waals surface area contributed by atoms with Gasteiger partial charge in [0.15, 0.2) is 6.61 Å². The number of carbonyl (C=O) groups is 2. The summed E-state index contributed by atoms with van der Waals surface area (Å²) in [6.07, 6.45) is 0. The molecule has 2 heterocycles. The zero-order chi connectivity index (χ0) is 17.6. The van der Waals surface area contributed by atoms with E-state index in [4.69, 9.17) is 4.74 Å². The summed E-state index contributed by atoms with van der Waals surface area (Å²) in [6, 6.07) is 12.7. The molecule has 1 aromatic carbocycles. The number of benzene rings is 1. The van der Waals surface area contributed by atoms with Crippen molar-refractivity contribution in [2.75, 3.05) is 6.61 Å². The van der Waals surface area contributed by atoms with Crippen LogP contribution >= 0.6 is 22.7 Å². The second-order valence-electron chi connectivity index (χ2n) is 5.12. The van der Waals surface area contributed by atoms with E-state index in [9.17, 15) is 14.0 Å². The summed E-state index contributed by atoms with van der Waals surface area (Å²) in [7, 11) is 0. The number of thiophene rings is 2. The first-order valence-corrected chi connectivity index (χ1v) is 9.18. The van der Waals surface area contributed by atoms with Crippen LogP contribution in [0.25, 0.3) is 0 Å². The summed E-state index contributed by atoms with van der Waals surface area (Å²) in [6.45, 7) is -0.375. The van der Waals surface area contributed by atoms with E-state index in [0.717, 1.165) is 10.4 Å². The van der Waals surface area contributed by atoms with Crippen LogP contribution in [-0.4, -0.2) is 18.5 Å². The normalized spacial score (nSPS) is 11.7. The molecule has 0 saturated heterocycles.